The quantitative estimate of drug-likeness (QED) is 0.444. The molecule has 1 rings (SSSR count). The number of halogens is 3. The van der Waals surface area contributed by atoms with Gasteiger partial charge in [0.2, 0.25) is 0 Å². The van der Waals surface area contributed by atoms with Crippen molar-refractivity contribution in [3.8, 4) is 0 Å². The smallest absolute Gasteiger partial charge is 0.376 e. The number of aldehydes is 1. The number of carbonyl (C=O) groups excluding carboxylic acids is 1. The van der Waals surface area contributed by atoms with Gasteiger partial charge in [-0.2, -0.15) is 13.2 Å². The van der Waals surface area contributed by atoms with E-state index in [4.69, 9.17) is 4.74 Å². The van der Waals surface area contributed by atoms with Crippen LogP contribution < -0.4 is 0 Å². The van der Waals surface area contributed by atoms with Crippen LogP contribution in [0.25, 0.3) is 0 Å². The van der Waals surface area contributed by atoms with E-state index in [1.54, 1.807) is 6.07 Å². The Labute approximate surface area is 103 Å². The first-order chi connectivity index (χ1) is 8.43. The first-order valence-electron chi connectivity index (χ1n) is 5.30. The summed E-state index contributed by atoms with van der Waals surface area (Å²) in [4.78, 5) is 10.2. The van der Waals surface area contributed by atoms with Gasteiger partial charge in [0.15, 0.2) is 0 Å². The van der Waals surface area contributed by atoms with Crippen LogP contribution in [-0.4, -0.2) is 12.9 Å². The number of carbonyl (C=O) groups is 1. The van der Waals surface area contributed by atoms with Crippen molar-refractivity contribution < 1.29 is 22.7 Å². The second-order valence-electron chi connectivity index (χ2n) is 3.78. The molecule has 0 aromatic heterocycles. The van der Waals surface area contributed by atoms with Crippen molar-refractivity contribution in [1.82, 2.24) is 0 Å². The van der Waals surface area contributed by atoms with E-state index in [1.807, 2.05) is 0 Å². The summed E-state index contributed by atoms with van der Waals surface area (Å²) in [5.74, 6) is 0. The maximum absolute atomic E-state index is 12.4. The first-order valence-corrected chi connectivity index (χ1v) is 5.30. The average Bonchev–Trinajstić information content (AvgIpc) is 2.33. The Balaban J connectivity index is 2.48. The molecule has 18 heavy (non-hydrogen) atoms. The molecule has 0 bridgehead atoms. The van der Waals surface area contributed by atoms with Crippen molar-refractivity contribution in [3.63, 3.8) is 0 Å². The van der Waals surface area contributed by atoms with Gasteiger partial charge in [-0.05, 0) is 29.7 Å². The Morgan fingerprint density at radius 1 is 1.39 bits per heavy atom. The minimum atomic E-state index is -4.35. The summed E-state index contributed by atoms with van der Waals surface area (Å²) in [5, 5.41) is 0. The van der Waals surface area contributed by atoms with E-state index in [-0.39, 0.29) is 13.2 Å². The molecule has 0 heterocycles. The number of hydrogen-bond donors (Lipinski definition) is 0. The van der Waals surface area contributed by atoms with Gasteiger partial charge in [-0.1, -0.05) is 18.7 Å². The molecule has 0 saturated heterocycles. The topological polar surface area (TPSA) is 26.3 Å². The molecule has 0 fully saturated rings. The highest BCUT2D eigenvalue weighted by atomic mass is 19.4. The van der Waals surface area contributed by atoms with E-state index in [0.717, 1.165) is 12.1 Å². The summed E-state index contributed by atoms with van der Waals surface area (Å²) in [6.07, 6.45) is -3.34. The Bertz CT molecular complexity index is 424. The van der Waals surface area contributed by atoms with Gasteiger partial charge in [0.25, 0.3) is 0 Å². The van der Waals surface area contributed by atoms with Crippen LogP contribution in [0.4, 0.5) is 13.2 Å². The normalized spacial score (nSPS) is 11.3. The van der Waals surface area contributed by atoms with Crippen LogP contribution in [0.3, 0.4) is 0 Å². The zero-order valence-electron chi connectivity index (χ0n) is 9.67. The van der Waals surface area contributed by atoms with E-state index in [1.165, 1.54) is 6.07 Å². The van der Waals surface area contributed by atoms with Gasteiger partial charge in [0, 0.05) is 0 Å². The van der Waals surface area contributed by atoms with Crippen LogP contribution >= 0.6 is 0 Å². The molecule has 0 atom stereocenters. The summed E-state index contributed by atoms with van der Waals surface area (Å²) in [7, 11) is 0. The zero-order valence-corrected chi connectivity index (χ0v) is 9.67. The molecule has 0 radical (unpaired) electrons. The minimum absolute atomic E-state index is 0.0794. The van der Waals surface area contributed by atoms with Gasteiger partial charge in [-0.15, -0.1) is 0 Å². The maximum Gasteiger partial charge on any atom is 0.416 e. The van der Waals surface area contributed by atoms with Crippen LogP contribution in [0.2, 0.25) is 0 Å². The molecule has 1 aromatic rings. The van der Waals surface area contributed by atoms with Crippen molar-refractivity contribution in [2.75, 3.05) is 6.61 Å². The van der Waals surface area contributed by atoms with Crippen LogP contribution in [-0.2, 0) is 22.3 Å². The third-order valence-corrected chi connectivity index (χ3v) is 2.26. The van der Waals surface area contributed by atoms with E-state index < -0.39 is 11.7 Å². The van der Waals surface area contributed by atoms with Gasteiger partial charge in [-0.25, -0.2) is 0 Å². The number of benzene rings is 1. The van der Waals surface area contributed by atoms with E-state index >= 15 is 0 Å². The summed E-state index contributed by atoms with van der Waals surface area (Å²) in [6, 6.07) is 4.96. The molecule has 1 aromatic carbocycles. The molecule has 0 aliphatic carbocycles. The Morgan fingerprint density at radius 3 is 2.72 bits per heavy atom. The SMILES string of the molecule is C=C(C=O)CCOCc1cccc(C(F)(F)F)c1. The van der Waals surface area contributed by atoms with Crippen molar-refractivity contribution in [2.24, 2.45) is 0 Å². The van der Waals surface area contributed by atoms with Gasteiger partial charge in [-0.3, -0.25) is 4.79 Å². The molecule has 98 valence electrons. The van der Waals surface area contributed by atoms with Gasteiger partial charge in [0.1, 0.15) is 6.29 Å². The third kappa shape index (κ3) is 4.71. The van der Waals surface area contributed by atoms with Crippen molar-refractivity contribution >= 4 is 6.29 Å². The van der Waals surface area contributed by atoms with Crippen LogP contribution in [0.1, 0.15) is 17.5 Å². The van der Waals surface area contributed by atoms with Crippen LogP contribution in [0.5, 0.6) is 0 Å². The molecule has 2 nitrogen and oxygen atoms in total. The highest BCUT2D eigenvalue weighted by Gasteiger charge is 2.30. The standard InChI is InChI=1S/C13H13F3O2/c1-10(8-17)5-6-18-9-11-3-2-4-12(7-11)13(14,15)16/h2-4,7-8H,1,5-6,9H2. The van der Waals surface area contributed by atoms with Crippen LogP contribution in [0, 0.1) is 0 Å². The summed E-state index contributed by atoms with van der Waals surface area (Å²) in [5.41, 5.74) is 0.154. The van der Waals surface area contributed by atoms with E-state index in [0.29, 0.717) is 23.8 Å². The monoisotopic (exact) mass is 258 g/mol. The molecule has 0 N–H and O–H groups in total. The van der Waals surface area contributed by atoms with E-state index in [9.17, 15) is 18.0 Å². The fourth-order valence-corrected chi connectivity index (χ4v) is 1.29. The second kappa shape index (κ2) is 6.35. The number of hydrogen-bond acceptors (Lipinski definition) is 2. The maximum atomic E-state index is 12.4. The minimum Gasteiger partial charge on any atom is -0.376 e. The lowest BCUT2D eigenvalue weighted by Gasteiger charge is -2.09. The number of ether oxygens (including phenoxy) is 1. The molecule has 0 spiro atoms. The average molecular weight is 258 g/mol. The largest absolute Gasteiger partial charge is 0.416 e. The molecular weight excluding hydrogens is 245 g/mol. The third-order valence-electron chi connectivity index (χ3n) is 2.26. The van der Waals surface area contributed by atoms with Gasteiger partial charge in [0.05, 0.1) is 18.8 Å². The molecule has 0 aliphatic rings. The highest BCUT2D eigenvalue weighted by molar-refractivity contribution is 5.71. The van der Waals surface area contributed by atoms with Gasteiger partial charge >= 0.3 is 6.18 Å². The predicted octanol–water partition coefficient (Wildman–Crippen LogP) is 3.37. The summed E-state index contributed by atoms with van der Waals surface area (Å²) in [6.45, 7) is 3.80. The van der Waals surface area contributed by atoms with Crippen molar-refractivity contribution in [3.05, 3.63) is 47.5 Å². The second-order valence-corrected chi connectivity index (χ2v) is 3.78. The Morgan fingerprint density at radius 2 is 2.11 bits per heavy atom. The first kappa shape index (κ1) is 14.4. The predicted molar refractivity (Wildman–Crippen MR) is 60.9 cm³/mol. The highest BCUT2D eigenvalue weighted by Crippen LogP contribution is 2.29. The molecule has 0 aliphatic heterocycles. The summed E-state index contributed by atoms with van der Waals surface area (Å²) >= 11 is 0. The zero-order chi connectivity index (χ0) is 13.6. The van der Waals surface area contributed by atoms with Crippen molar-refractivity contribution in [2.45, 2.75) is 19.2 Å². The fourth-order valence-electron chi connectivity index (χ4n) is 1.29. The van der Waals surface area contributed by atoms with E-state index in [2.05, 4.69) is 6.58 Å². The van der Waals surface area contributed by atoms with Gasteiger partial charge < -0.3 is 4.74 Å². The lowest BCUT2D eigenvalue weighted by molar-refractivity contribution is -0.137. The number of alkyl halides is 3. The molecular formula is C13H13F3O2. The molecule has 0 unspecified atom stereocenters. The Kier molecular flexibility index (Phi) is 5.09. The summed E-state index contributed by atoms with van der Waals surface area (Å²) < 4.78 is 42.4. The molecule has 0 saturated carbocycles. The van der Waals surface area contributed by atoms with Crippen LogP contribution in [0.15, 0.2) is 36.4 Å². The molecule has 5 heteroatoms. The fraction of sp³-hybridized carbons (Fsp3) is 0.308. The van der Waals surface area contributed by atoms with Crippen molar-refractivity contribution in [1.29, 1.82) is 0 Å². The Hall–Kier alpha value is -1.62. The number of rotatable bonds is 6. The molecule has 0 amide bonds. The lowest BCUT2D eigenvalue weighted by atomic mass is 10.1. The lowest BCUT2D eigenvalue weighted by Crippen LogP contribution is -2.06.